The van der Waals surface area contributed by atoms with Gasteiger partial charge < -0.3 is 19.1 Å². The lowest BCUT2D eigenvalue weighted by atomic mass is 10.1. The van der Waals surface area contributed by atoms with Crippen molar-refractivity contribution in [3.05, 3.63) is 35.5 Å². The van der Waals surface area contributed by atoms with E-state index < -0.39 is 18.6 Å². The van der Waals surface area contributed by atoms with E-state index in [0.717, 1.165) is 17.7 Å². The van der Waals surface area contributed by atoms with E-state index in [1.54, 1.807) is 12.1 Å². The molecule has 1 aromatic heterocycles. The SMILES string of the molecule is O=C(c1ccc2c(c1)cc(C(=O)N1CCOCC1)n2CC(F)(F)F)N1CCN(C2CCCC2)CC1. The van der Waals surface area contributed by atoms with E-state index >= 15 is 0 Å². The molecule has 2 amide bonds. The van der Waals surface area contributed by atoms with E-state index in [4.69, 9.17) is 4.74 Å². The minimum absolute atomic E-state index is 0.0194. The molecule has 2 aliphatic heterocycles. The second-order valence-electron chi connectivity index (χ2n) is 9.68. The second-order valence-corrected chi connectivity index (χ2v) is 9.68. The molecule has 0 radical (unpaired) electrons. The zero-order valence-electron chi connectivity index (χ0n) is 19.7. The number of ether oxygens (including phenoxy) is 1. The first-order valence-corrected chi connectivity index (χ1v) is 12.4. The van der Waals surface area contributed by atoms with E-state index in [-0.39, 0.29) is 11.6 Å². The average Bonchev–Trinajstić information content (AvgIpc) is 3.51. The van der Waals surface area contributed by atoms with E-state index in [1.807, 2.05) is 4.90 Å². The summed E-state index contributed by atoms with van der Waals surface area (Å²) in [5, 5.41) is 0.460. The third-order valence-electron chi connectivity index (χ3n) is 7.45. The van der Waals surface area contributed by atoms with Crippen molar-refractivity contribution in [2.75, 3.05) is 52.5 Å². The summed E-state index contributed by atoms with van der Waals surface area (Å²) in [5.74, 6) is -0.577. The fourth-order valence-corrected chi connectivity index (χ4v) is 5.60. The van der Waals surface area contributed by atoms with E-state index in [9.17, 15) is 22.8 Å². The highest BCUT2D eigenvalue weighted by Gasteiger charge is 2.33. The summed E-state index contributed by atoms with van der Waals surface area (Å²) in [7, 11) is 0. The van der Waals surface area contributed by atoms with Gasteiger partial charge in [-0.2, -0.15) is 13.2 Å². The van der Waals surface area contributed by atoms with Crippen LogP contribution < -0.4 is 0 Å². The summed E-state index contributed by atoms with van der Waals surface area (Å²) in [6.45, 7) is 3.10. The number of alkyl halides is 3. The van der Waals surface area contributed by atoms with Crippen LogP contribution in [0, 0.1) is 0 Å². The molecule has 190 valence electrons. The number of amides is 2. The van der Waals surface area contributed by atoms with Crippen LogP contribution in [0.2, 0.25) is 0 Å². The first kappa shape index (κ1) is 24.1. The molecule has 35 heavy (non-hydrogen) atoms. The van der Waals surface area contributed by atoms with Gasteiger partial charge in [-0.15, -0.1) is 0 Å². The number of morpholine rings is 1. The van der Waals surface area contributed by atoms with Crippen LogP contribution >= 0.6 is 0 Å². The summed E-state index contributed by atoms with van der Waals surface area (Å²) in [5.41, 5.74) is 0.705. The molecular formula is C25H31F3N4O3. The van der Waals surface area contributed by atoms with Gasteiger partial charge in [0.2, 0.25) is 0 Å². The lowest BCUT2D eigenvalue weighted by Gasteiger charge is -2.38. The van der Waals surface area contributed by atoms with Gasteiger partial charge >= 0.3 is 6.18 Å². The largest absolute Gasteiger partial charge is 0.406 e. The van der Waals surface area contributed by atoms with Crippen molar-refractivity contribution in [2.24, 2.45) is 0 Å². The number of aromatic nitrogens is 1. The molecule has 0 N–H and O–H groups in total. The molecule has 0 bridgehead atoms. The van der Waals surface area contributed by atoms with Crippen LogP contribution in [0.5, 0.6) is 0 Å². The lowest BCUT2D eigenvalue weighted by Crippen LogP contribution is -2.51. The van der Waals surface area contributed by atoms with Crippen LogP contribution in [0.15, 0.2) is 24.3 Å². The maximum atomic E-state index is 13.4. The minimum Gasteiger partial charge on any atom is -0.378 e. The molecule has 1 saturated carbocycles. The molecule has 2 saturated heterocycles. The predicted molar refractivity (Wildman–Crippen MR) is 124 cm³/mol. The van der Waals surface area contributed by atoms with Gasteiger partial charge in [0.1, 0.15) is 12.2 Å². The van der Waals surface area contributed by atoms with Crippen molar-refractivity contribution < 1.29 is 27.5 Å². The van der Waals surface area contributed by atoms with Crippen molar-refractivity contribution in [1.29, 1.82) is 0 Å². The summed E-state index contributed by atoms with van der Waals surface area (Å²) in [4.78, 5) is 32.1. The number of carbonyl (C=O) groups is 2. The monoisotopic (exact) mass is 492 g/mol. The first-order valence-electron chi connectivity index (χ1n) is 12.4. The number of fused-ring (bicyclic) bond motifs is 1. The minimum atomic E-state index is -4.49. The third kappa shape index (κ3) is 5.18. The number of halogens is 3. The van der Waals surface area contributed by atoms with Crippen molar-refractivity contribution >= 4 is 22.7 Å². The predicted octanol–water partition coefficient (Wildman–Crippen LogP) is 3.38. The highest BCUT2D eigenvalue weighted by atomic mass is 19.4. The fourth-order valence-electron chi connectivity index (χ4n) is 5.60. The summed E-state index contributed by atoms with van der Waals surface area (Å²) in [6.07, 6.45) is 0.511. The average molecular weight is 493 g/mol. The van der Waals surface area contributed by atoms with Crippen LogP contribution in [0.25, 0.3) is 10.9 Å². The Kier molecular flexibility index (Phi) is 6.76. The summed E-state index contributed by atoms with van der Waals surface area (Å²) in [6, 6.07) is 6.82. The number of rotatable bonds is 4. The van der Waals surface area contributed by atoms with Gasteiger partial charge in [-0.1, -0.05) is 12.8 Å². The Morgan fingerprint density at radius 3 is 2.20 bits per heavy atom. The van der Waals surface area contributed by atoms with Gasteiger partial charge in [0.05, 0.1) is 13.2 Å². The Labute approximate surface area is 202 Å². The van der Waals surface area contributed by atoms with Crippen molar-refractivity contribution in [3.8, 4) is 0 Å². The Bertz CT molecular complexity index is 1080. The van der Waals surface area contributed by atoms with E-state index in [2.05, 4.69) is 4.90 Å². The number of hydrogen-bond acceptors (Lipinski definition) is 4. The van der Waals surface area contributed by atoms with E-state index in [0.29, 0.717) is 61.9 Å². The summed E-state index contributed by atoms with van der Waals surface area (Å²) >= 11 is 0. The first-order chi connectivity index (χ1) is 16.8. The molecule has 3 aliphatic rings. The van der Waals surface area contributed by atoms with Crippen LogP contribution in [-0.2, 0) is 11.3 Å². The molecule has 1 aliphatic carbocycles. The Morgan fingerprint density at radius 2 is 1.54 bits per heavy atom. The maximum absolute atomic E-state index is 13.4. The van der Waals surface area contributed by atoms with Gasteiger partial charge in [-0.3, -0.25) is 14.5 Å². The standard InChI is InChI=1S/C25H31F3N4O3/c26-25(27,28)17-32-21-6-5-18(15-19(21)16-22(32)24(34)31-11-13-35-14-12-31)23(33)30-9-7-29(8-10-30)20-3-1-2-4-20/h5-6,15-16,20H,1-4,7-14,17H2. The van der Waals surface area contributed by atoms with Crippen LogP contribution in [-0.4, -0.2) is 95.8 Å². The molecular weight excluding hydrogens is 461 g/mol. The molecule has 3 heterocycles. The van der Waals surface area contributed by atoms with Crippen molar-refractivity contribution in [3.63, 3.8) is 0 Å². The molecule has 2 aromatic rings. The molecule has 0 atom stereocenters. The number of carbonyl (C=O) groups excluding carboxylic acids is 2. The number of nitrogens with zero attached hydrogens (tertiary/aromatic N) is 4. The third-order valence-corrected chi connectivity index (χ3v) is 7.45. The highest BCUT2D eigenvalue weighted by Crippen LogP contribution is 2.29. The molecule has 5 rings (SSSR count). The molecule has 1 aromatic carbocycles. The quantitative estimate of drug-likeness (QED) is 0.657. The van der Waals surface area contributed by atoms with Crippen LogP contribution in [0.4, 0.5) is 13.2 Å². The fraction of sp³-hybridized carbons (Fsp3) is 0.600. The smallest absolute Gasteiger partial charge is 0.378 e. The van der Waals surface area contributed by atoms with Crippen molar-refractivity contribution in [1.82, 2.24) is 19.3 Å². The second kappa shape index (κ2) is 9.81. The highest BCUT2D eigenvalue weighted by molar-refractivity contribution is 6.02. The molecule has 0 unspecified atom stereocenters. The maximum Gasteiger partial charge on any atom is 0.406 e. The molecule has 10 heteroatoms. The zero-order chi connectivity index (χ0) is 24.6. The number of piperazine rings is 1. The normalized spacial score (nSPS) is 20.7. The Balaban J connectivity index is 1.38. The van der Waals surface area contributed by atoms with Crippen LogP contribution in [0.3, 0.4) is 0 Å². The number of hydrogen-bond donors (Lipinski definition) is 0. The molecule has 7 nitrogen and oxygen atoms in total. The van der Waals surface area contributed by atoms with Gasteiger partial charge in [0.25, 0.3) is 11.8 Å². The van der Waals surface area contributed by atoms with Gasteiger partial charge in [0.15, 0.2) is 0 Å². The summed E-state index contributed by atoms with van der Waals surface area (Å²) < 4.78 is 46.5. The van der Waals surface area contributed by atoms with Crippen LogP contribution in [0.1, 0.15) is 46.5 Å². The molecule has 0 spiro atoms. The Hall–Kier alpha value is -2.59. The number of benzene rings is 1. The van der Waals surface area contributed by atoms with Gasteiger partial charge in [-0.25, -0.2) is 0 Å². The lowest BCUT2D eigenvalue weighted by molar-refractivity contribution is -0.140. The zero-order valence-corrected chi connectivity index (χ0v) is 19.7. The molecule has 3 fully saturated rings. The van der Waals surface area contributed by atoms with Gasteiger partial charge in [0, 0.05) is 61.8 Å². The van der Waals surface area contributed by atoms with E-state index in [1.165, 1.54) is 42.7 Å². The van der Waals surface area contributed by atoms with Crippen molar-refractivity contribution in [2.45, 2.75) is 44.4 Å². The topological polar surface area (TPSA) is 58.0 Å². The Morgan fingerprint density at radius 1 is 0.886 bits per heavy atom. The van der Waals surface area contributed by atoms with Gasteiger partial charge in [-0.05, 0) is 37.1 Å².